The summed E-state index contributed by atoms with van der Waals surface area (Å²) in [6.45, 7) is 7.36. The van der Waals surface area contributed by atoms with Crippen LogP contribution in [0.15, 0.2) is 35.8 Å². The number of H-pyrrole nitrogens is 1. The van der Waals surface area contributed by atoms with Crippen molar-refractivity contribution >= 4 is 34.8 Å². The van der Waals surface area contributed by atoms with Crippen LogP contribution in [-0.4, -0.2) is 57.1 Å². The minimum absolute atomic E-state index is 0.0642. The summed E-state index contributed by atoms with van der Waals surface area (Å²) in [5.74, 6) is 0.521. The summed E-state index contributed by atoms with van der Waals surface area (Å²) in [7, 11) is 0. The van der Waals surface area contributed by atoms with E-state index in [0.29, 0.717) is 36.1 Å². The number of para-hydroxylation sites is 1. The second-order valence-electron chi connectivity index (χ2n) is 9.56. The summed E-state index contributed by atoms with van der Waals surface area (Å²) in [4.78, 5) is 32.2. The number of ether oxygens (including phenoxy) is 1. The van der Waals surface area contributed by atoms with Crippen molar-refractivity contribution in [3.63, 3.8) is 0 Å². The Kier molecular flexibility index (Phi) is 8.31. The molecule has 1 saturated heterocycles. The highest BCUT2D eigenvalue weighted by Gasteiger charge is 2.37. The molecule has 1 aromatic carbocycles. The third-order valence-corrected chi connectivity index (χ3v) is 7.77. The van der Waals surface area contributed by atoms with E-state index < -0.39 is 5.60 Å². The molecule has 36 heavy (non-hydrogen) atoms. The number of thiazole rings is 1. The number of hydrogen-bond acceptors (Lipinski definition) is 6. The van der Waals surface area contributed by atoms with Crippen molar-refractivity contribution in [2.75, 3.05) is 19.6 Å². The highest BCUT2D eigenvalue weighted by Crippen LogP contribution is 2.33. The number of hydrogen-bond donors (Lipinski definition) is 2. The number of rotatable bonds is 9. The number of nitrogens with one attached hydrogen (secondary N) is 2. The van der Waals surface area contributed by atoms with Crippen LogP contribution in [0, 0.1) is 6.92 Å². The maximum atomic E-state index is 13.2. The smallest absolute Gasteiger partial charge is 0.270 e. The molecule has 0 bridgehead atoms. The van der Waals surface area contributed by atoms with Crippen molar-refractivity contribution in [2.24, 2.45) is 0 Å². The Hall–Kier alpha value is -2.91. The SMILES string of the molecule is Cc1[nH]ncc1CCCNC(=O)c1csc(C2CCN(C(=O)C(C)(C)Oc3ccccc3Cl)CC2)n1. The van der Waals surface area contributed by atoms with E-state index >= 15 is 0 Å². The molecule has 4 rings (SSSR count). The molecular formula is C26H32ClN5O3S. The van der Waals surface area contributed by atoms with E-state index in [1.165, 1.54) is 16.9 Å². The largest absolute Gasteiger partial charge is 0.476 e. The minimum atomic E-state index is -1.03. The molecule has 1 aliphatic heterocycles. The van der Waals surface area contributed by atoms with E-state index in [4.69, 9.17) is 16.3 Å². The van der Waals surface area contributed by atoms with Gasteiger partial charge in [-0.15, -0.1) is 11.3 Å². The second-order valence-corrected chi connectivity index (χ2v) is 10.9. The number of likely N-dealkylation sites (tertiary alicyclic amines) is 1. The van der Waals surface area contributed by atoms with Gasteiger partial charge in [-0.2, -0.15) is 5.10 Å². The minimum Gasteiger partial charge on any atom is -0.476 e. The van der Waals surface area contributed by atoms with Crippen LogP contribution < -0.4 is 10.1 Å². The number of carbonyl (C=O) groups excluding carboxylic acids is 2. The molecule has 3 aromatic rings. The predicted octanol–water partition coefficient (Wildman–Crippen LogP) is 4.75. The zero-order chi connectivity index (χ0) is 25.7. The molecule has 0 saturated carbocycles. The average Bonchev–Trinajstić information content (AvgIpc) is 3.52. The standard InChI is InChI=1S/C26H32ClN5O3S/c1-17-19(15-29-31-17)7-6-12-28-23(33)21-16-36-24(30-21)18-10-13-32(14-11-18)25(34)26(2,3)35-22-9-5-4-8-20(22)27/h4-5,8-9,15-16,18H,6-7,10-14H2,1-3H3,(H,28,33)(H,29,31). The van der Waals surface area contributed by atoms with Crippen molar-refractivity contribution in [1.29, 1.82) is 0 Å². The van der Waals surface area contributed by atoms with Crippen molar-refractivity contribution in [3.05, 3.63) is 62.8 Å². The topological polar surface area (TPSA) is 100 Å². The first-order chi connectivity index (χ1) is 17.2. The molecule has 0 atom stereocenters. The Balaban J connectivity index is 1.25. The Bertz CT molecular complexity index is 1200. The van der Waals surface area contributed by atoms with Crippen LogP contribution in [-0.2, 0) is 11.2 Å². The number of halogens is 1. The van der Waals surface area contributed by atoms with E-state index in [0.717, 1.165) is 36.4 Å². The van der Waals surface area contributed by atoms with E-state index in [-0.39, 0.29) is 17.7 Å². The van der Waals surface area contributed by atoms with Gasteiger partial charge in [-0.05, 0) is 64.2 Å². The van der Waals surface area contributed by atoms with Gasteiger partial charge in [0.25, 0.3) is 11.8 Å². The van der Waals surface area contributed by atoms with Crippen LogP contribution in [0.2, 0.25) is 5.02 Å². The highest BCUT2D eigenvalue weighted by molar-refractivity contribution is 7.09. The molecule has 2 amide bonds. The summed E-state index contributed by atoms with van der Waals surface area (Å²) in [5.41, 5.74) is 1.67. The molecule has 2 N–H and O–H groups in total. The predicted molar refractivity (Wildman–Crippen MR) is 141 cm³/mol. The van der Waals surface area contributed by atoms with E-state index in [2.05, 4.69) is 20.5 Å². The summed E-state index contributed by atoms with van der Waals surface area (Å²) in [5, 5.41) is 13.2. The van der Waals surface area contributed by atoms with Gasteiger partial charge in [0.15, 0.2) is 5.60 Å². The number of carbonyl (C=O) groups is 2. The summed E-state index contributed by atoms with van der Waals surface area (Å²) < 4.78 is 5.97. The molecule has 0 radical (unpaired) electrons. The lowest BCUT2D eigenvalue weighted by Crippen LogP contribution is -2.51. The van der Waals surface area contributed by atoms with Crippen LogP contribution in [0.4, 0.5) is 0 Å². The third-order valence-electron chi connectivity index (χ3n) is 6.45. The lowest BCUT2D eigenvalue weighted by Gasteiger charge is -2.36. The van der Waals surface area contributed by atoms with E-state index in [9.17, 15) is 9.59 Å². The van der Waals surface area contributed by atoms with Gasteiger partial charge in [0.1, 0.15) is 11.4 Å². The summed E-state index contributed by atoms with van der Waals surface area (Å²) >= 11 is 7.72. The maximum absolute atomic E-state index is 13.2. The molecule has 1 fully saturated rings. The van der Waals surface area contributed by atoms with Crippen molar-refractivity contribution in [1.82, 2.24) is 25.4 Å². The summed E-state index contributed by atoms with van der Waals surface area (Å²) in [6.07, 6.45) is 5.13. The third kappa shape index (κ3) is 6.25. The van der Waals surface area contributed by atoms with Crippen LogP contribution in [0.1, 0.15) is 65.8 Å². The lowest BCUT2D eigenvalue weighted by atomic mass is 9.96. The number of piperidine rings is 1. The Labute approximate surface area is 220 Å². The maximum Gasteiger partial charge on any atom is 0.270 e. The van der Waals surface area contributed by atoms with Gasteiger partial charge in [-0.25, -0.2) is 4.98 Å². The van der Waals surface area contributed by atoms with Crippen molar-refractivity contribution in [3.8, 4) is 5.75 Å². The lowest BCUT2D eigenvalue weighted by molar-refractivity contribution is -0.146. The monoisotopic (exact) mass is 529 g/mol. The number of benzene rings is 1. The highest BCUT2D eigenvalue weighted by atomic mass is 35.5. The van der Waals surface area contributed by atoms with E-state index in [1.807, 2.05) is 35.5 Å². The van der Waals surface area contributed by atoms with Crippen molar-refractivity contribution in [2.45, 2.75) is 58.0 Å². The quantitative estimate of drug-likeness (QED) is 0.389. The molecular weight excluding hydrogens is 498 g/mol. The molecule has 0 spiro atoms. The zero-order valence-electron chi connectivity index (χ0n) is 20.8. The fourth-order valence-corrected chi connectivity index (χ4v) is 5.48. The van der Waals surface area contributed by atoms with Gasteiger partial charge in [-0.1, -0.05) is 23.7 Å². The second kappa shape index (κ2) is 11.4. The number of aryl methyl sites for hydroxylation is 2. The first-order valence-electron chi connectivity index (χ1n) is 12.2. The van der Waals surface area contributed by atoms with Crippen molar-refractivity contribution < 1.29 is 14.3 Å². The molecule has 8 nitrogen and oxygen atoms in total. The van der Waals surface area contributed by atoms with Crippen LogP contribution >= 0.6 is 22.9 Å². The fourth-order valence-electron chi connectivity index (χ4n) is 4.33. The summed E-state index contributed by atoms with van der Waals surface area (Å²) in [6, 6.07) is 7.16. The first kappa shape index (κ1) is 26.2. The van der Waals surface area contributed by atoms with Gasteiger partial charge in [0.05, 0.1) is 16.2 Å². The van der Waals surface area contributed by atoms with Gasteiger partial charge in [-0.3, -0.25) is 14.7 Å². The Morgan fingerprint density at radius 1 is 1.28 bits per heavy atom. The number of aromatic amines is 1. The van der Waals surface area contributed by atoms with Crippen LogP contribution in [0.5, 0.6) is 5.75 Å². The van der Waals surface area contributed by atoms with Gasteiger partial charge in [0.2, 0.25) is 0 Å². The van der Waals surface area contributed by atoms with Crippen LogP contribution in [0.25, 0.3) is 0 Å². The van der Waals surface area contributed by atoms with E-state index in [1.54, 1.807) is 26.0 Å². The molecule has 1 aliphatic rings. The molecule has 3 heterocycles. The molecule has 2 aromatic heterocycles. The number of nitrogens with zero attached hydrogens (tertiary/aromatic N) is 3. The molecule has 0 aliphatic carbocycles. The molecule has 10 heteroatoms. The first-order valence-corrected chi connectivity index (χ1v) is 13.5. The fraction of sp³-hybridized carbons (Fsp3) is 0.462. The Morgan fingerprint density at radius 3 is 2.72 bits per heavy atom. The average molecular weight is 530 g/mol. The zero-order valence-corrected chi connectivity index (χ0v) is 22.4. The van der Waals surface area contributed by atoms with Crippen LogP contribution in [0.3, 0.4) is 0 Å². The van der Waals surface area contributed by atoms with Gasteiger partial charge < -0.3 is 15.0 Å². The number of amides is 2. The van der Waals surface area contributed by atoms with Gasteiger partial charge >= 0.3 is 0 Å². The molecule has 192 valence electrons. The normalized spacial score (nSPS) is 14.6. The number of aromatic nitrogens is 3. The van der Waals surface area contributed by atoms with Gasteiger partial charge in [0, 0.05) is 36.6 Å². The molecule has 0 unspecified atom stereocenters. The Morgan fingerprint density at radius 2 is 2.03 bits per heavy atom.